The summed E-state index contributed by atoms with van der Waals surface area (Å²) < 4.78 is 8.38. The van der Waals surface area contributed by atoms with Crippen LogP contribution in [0.1, 0.15) is 12.8 Å². The summed E-state index contributed by atoms with van der Waals surface area (Å²) in [6.07, 6.45) is 3.94. The average molecular weight is 342 g/mol. The molecule has 3 rings (SSSR count). The van der Waals surface area contributed by atoms with Crippen LogP contribution in [0.4, 0.5) is 0 Å². The smallest absolute Gasteiger partial charge is 0.259 e. The monoisotopic (exact) mass is 341 g/mol. The van der Waals surface area contributed by atoms with Gasteiger partial charge in [0.25, 0.3) is 5.56 Å². The first-order valence-corrected chi connectivity index (χ1v) is 8.45. The molecule has 1 aliphatic heterocycles. The maximum atomic E-state index is 12.4. The van der Waals surface area contributed by atoms with Crippen LogP contribution >= 0.6 is 27.3 Å². The molecule has 102 valence electrons. The van der Waals surface area contributed by atoms with Crippen LogP contribution in [0.3, 0.4) is 0 Å². The predicted octanol–water partition coefficient (Wildman–Crippen LogP) is 3.25. The van der Waals surface area contributed by atoms with Crippen molar-refractivity contribution in [1.29, 1.82) is 0 Å². The van der Waals surface area contributed by atoms with E-state index in [1.54, 1.807) is 11.3 Å². The number of alkyl halides is 1. The number of rotatable bonds is 3. The molecule has 0 aliphatic carbocycles. The zero-order valence-corrected chi connectivity index (χ0v) is 13.0. The van der Waals surface area contributed by atoms with Crippen LogP contribution in [0.5, 0.6) is 0 Å². The maximum absolute atomic E-state index is 12.4. The number of ether oxygens (including phenoxy) is 1. The Morgan fingerprint density at radius 2 is 2.16 bits per heavy atom. The summed E-state index contributed by atoms with van der Waals surface area (Å²) in [7, 11) is 0. The molecule has 3 nitrogen and oxygen atoms in total. The summed E-state index contributed by atoms with van der Waals surface area (Å²) >= 11 is 5.24. The summed E-state index contributed by atoms with van der Waals surface area (Å²) in [6, 6.07) is 3.96. The van der Waals surface area contributed by atoms with E-state index in [-0.39, 0.29) is 11.0 Å². The van der Waals surface area contributed by atoms with Gasteiger partial charge in [0.05, 0.1) is 5.39 Å². The van der Waals surface area contributed by atoms with Crippen molar-refractivity contribution in [1.82, 2.24) is 4.57 Å². The average Bonchev–Trinajstić information content (AvgIpc) is 2.92. The number of halogens is 1. The minimum atomic E-state index is 0.130. The van der Waals surface area contributed by atoms with E-state index in [9.17, 15) is 4.79 Å². The molecule has 1 fully saturated rings. The van der Waals surface area contributed by atoms with Crippen LogP contribution in [0, 0.1) is 5.41 Å². The Morgan fingerprint density at radius 1 is 1.37 bits per heavy atom. The Labute approximate surface area is 124 Å². The van der Waals surface area contributed by atoms with Crippen LogP contribution in [-0.2, 0) is 11.3 Å². The first-order valence-electron chi connectivity index (χ1n) is 6.44. The SMILES string of the molecule is O=c1c2ccsc2ccn1CC1(CBr)CCOCC1. The molecular weight excluding hydrogens is 326 g/mol. The Bertz CT molecular complexity index is 628. The van der Waals surface area contributed by atoms with E-state index < -0.39 is 0 Å². The predicted molar refractivity (Wildman–Crippen MR) is 82.4 cm³/mol. The molecule has 0 amide bonds. The number of nitrogens with zero attached hydrogens (tertiary/aromatic N) is 1. The molecular formula is C14H16BrNO2S. The maximum Gasteiger partial charge on any atom is 0.259 e. The van der Waals surface area contributed by atoms with Gasteiger partial charge in [-0.3, -0.25) is 4.79 Å². The first-order chi connectivity index (χ1) is 9.24. The number of aromatic nitrogens is 1. The van der Waals surface area contributed by atoms with Gasteiger partial charge in [-0.2, -0.15) is 0 Å². The van der Waals surface area contributed by atoms with Crippen LogP contribution in [-0.4, -0.2) is 23.1 Å². The van der Waals surface area contributed by atoms with Crippen molar-refractivity contribution in [3.63, 3.8) is 0 Å². The summed E-state index contributed by atoms with van der Waals surface area (Å²) in [5, 5.41) is 3.73. The van der Waals surface area contributed by atoms with E-state index in [1.165, 1.54) is 0 Å². The van der Waals surface area contributed by atoms with Gasteiger partial charge >= 0.3 is 0 Å². The van der Waals surface area contributed by atoms with Gasteiger partial charge < -0.3 is 9.30 Å². The zero-order chi connectivity index (χ0) is 13.3. The van der Waals surface area contributed by atoms with Gasteiger partial charge in [0, 0.05) is 41.4 Å². The van der Waals surface area contributed by atoms with Gasteiger partial charge in [-0.25, -0.2) is 0 Å². The van der Waals surface area contributed by atoms with Crippen molar-refractivity contribution in [3.8, 4) is 0 Å². The molecule has 3 heterocycles. The van der Waals surface area contributed by atoms with Crippen LogP contribution in [0.15, 0.2) is 28.5 Å². The Balaban J connectivity index is 1.95. The van der Waals surface area contributed by atoms with E-state index in [4.69, 9.17) is 4.74 Å². The molecule has 0 unspecified atom stereocenters. The summed E-state index contributed by atoms with van der Waals surface area (Å²) in [6.45, 7) is 2.36. The van der Waals surface area contributed by atoms with Crippen molar-refractivity contribution < 1.29 is 4.74 Å². The quantitative estimate of drug-likeness (QED) is 0.802. The minimum absolute atomic E-state index is 0.130. The Kier molecular flexibility index (Phi) is 3.78. The molecule has 0 aromatic carbocycles. The highest BCUT2D eigenvalue weighted by Crippen LogP contribution is 2.34. The highest BCUT2D eigenvalue weighted by atomic mass is 79.9. The zero-order valence-electron chi connectivity index (χ0n) is 10.6. The molecule has 2 aromatic heterocycles. The second kappa shape index (κ2) is 5.38. The fourth-order valence-corrected chi connectivity index (χ4v) is 4.14. The lowest BCUT2D eigenvalue weighted by atomic mass is 9.82. The molecule has 1 aliphatic rings. The van der Waals surface area contributed by atoms with Crippen molar-refractivity contribution in [2.45, 2.75) is 19.4 Å². The summed E-state index contributed by atoms with van der Waals surface area (Å²) in [5.74, 6) is 0. The highest BCUT2D eigenvalue weighted by molar-refractivity contribution is 9.09. The molecule has 0 atom stereocenters. The van der Waals surface area contributed by atoms with E-state index in [0.29, 0.717) is 0 Å². The van der Waals surface area contributed by atoms with Gasteiger partial charge in [-0.05, 0) is 30.4 Å². The van der Waals surface area contributed by atoms with Gasteiger partial charge in [0.1, 0.15) is 0 Å². The van der Waals surface area contributed by atoms with Crippen LogP contribution in [0.25, 0.3) is 10.1 Å². The van der Waals surface area contributed by atoms with Gasteiger partial charge in [0.15, 0.2) is 0 Å². The van der Waals surface area contributed by atoms with Crippen molar-refractivity contribution >= 4 is 37.4 Å². The molecule has 2 aromatic rings. The number of hydrogen-bond donors (Lipinski definition) is 0. The minimum Gasteiger partial charge on any atom is -0.381 e. The van der Waals surface area contributed by atoms with E-state index in [2.05, 4.69) is 15.9 Å². The second-order valence-corrected chi connectivity index (χ2v) is 6.70. The van der Waals surface area contributed by atoms with Crippen LogP contribution < -0.4 is 5.56 Å². The van der Waals surface area contributed by atoms with E-state index in [0.717, 1.165) is 48.0 Å². The van der Waals surface area contributed by atoms with Gasteiger partial charge in [-0.15, -0.1) is 11.3 Å². The lowest BCUT2D eigenvalue weighted by Crippen LogP contribution is -2.38. The van der Waals surface area contributed by atoms with Gasteiger partial charge in [0.2, 0.25) is 0 Å². The second-order valence-electron chi connectivity index (χ2n) is 5.19. The lowest BCUT2D eigenvalue weighted by molar-refractivity contribution is 0.0182. The molecule has 0 spiro atoms. The molecule has 5 heteroatoms. The Morgan fingerprint density at radius 3 is 2.89 bits per heavy atom. The topological polar surface area (TPSA) is 31.2 Å². The lowest BCUT2D eigenvalue weighted by Gasteiger charge is -2.36. The third kappa shape index (κ3) is 2.51. The molecule has 0 bridgehead atoms. The third-order valence-corrected chi connectivity index (χ3v) is 6.01. The first kappa shape index (κ1) is 13.3. The molecule has 1 saturated heterocycles. The van der Waals surface area contributed by atoms with Crippen molar-refractivity contribution in [2.75, 3.05) is 18.5 Å². The molecule has 0 N–H and O–H groups in total. The fraction of sp³-hybridized carbons (Fsp3) is 0.500. The molecule has 0 saturated carbocycles. The number of hydrogen-bond acceptors (Lipinski definition) is 3. The largest absolute Gasteiger partial charge is 0.381 e. The normalized spacial score (nSPS) is 18.8. The Hall–Kier alpha value is -0.650. The highest BCUT2D eigenvalue weighted by Gasteiger charge is 2.32. The van der Waals surface area contributed by atoms with E-state index >= 15 is 0 Å². The number of pyridine rings is 1. The number of thiophene rings is 1. The standard InChI is InChI=1S/C14H16BrNO2S/c15-9-14(3-6-18-7-4-14)10-16-5-1-12-11(13(16)17)2-8-19-12/h1-2,5,8H,3-4,6-7,9-10H2. The molecule has 19 heavy (non-hydrogen) atoms. The summed E-state index contributed by atoms with van der Waals surface area (Å²) in [4.78, 5) is 12.4. The third-order valence-electron chi connectivity index (χ3n) is 3.93. The van der Waals surface area contributed by atoms with Crippen molar-refractivity contribution in [3.05, 3.63) is 34.1 Å². The molecule has 0 radical (unpaired) electrons. The van der Waals surface area contributed by atoms with Gasteiger partial charge in [-0.1, -0.05) is 15.9 Å². The van der Waals surface area contributed by atoms with Crippen LogP contribution in [0.2, 0.25) is 0 Å². The fourth-order valence-electron chi connectivity index (χ4n) is 2.63. The van der Waals surface area contributed by atoms with Crippen molar-refractivity contribution in [2.24, 2.45) is 5.41 Å². The van der Waals surface area contributed by atoms with E-state index in [1.807, 2.05) is 28.3 Å². The summed E-state index contributed by atoms with van der Waals surface area (Å²) in [5.41, 5.74) is 0.275. The number of fused-ring (bicyclic) bond motifs is 1.